The van der Waals surface area contributed by atoms with Crippen molar-refractivity contribution in [2.75, 3.05) is 0 Å². The summed E-state index contributed by atoms with van der Waals surface area (Å²) in [7, 11) is 0. The number of halogens is 5. The number of hydrogen-bond donors (Lipinski definition) is 0. The molecule has 0 atom stereocenters. The smallest absolute Gasteiger partial charge is 0.194 e. The van der Waals surface area contributed by atoms with Gasteiger partial charge in [0.2, 0.25) is 0 Å². The monoisotopic (exact) mass is 292 g/mol. The molecule has 18 heavy (non-hydrogen) atoms. The summed E-state index contributed by atoms with van der Waals surface area (Å²) in [4.78, 5) is 7.66. The van der Waals surface area contributed by atoms with E-state index in [0.29, 0.717) is 5.56 Å². The first-order chi connectivity index (χ1) is 8.40. The van der Waals surface area contributed by atoms with E-state index in [2.05, 4.69) is 9.97 Å². The molecule has 0 amide bonds. The molecule has 0 radical (unpaired) electrons. The highest BCUT2D eigenvalue weighted by Gasteiger charge is 2.15. The Morgan fingerprint density at radius 2 is 1.39 bits per heavy atom. The predicted molar refractivity (Wildman–Crippen MR) is 62.1 cm³/mol. The molecule has 0 bridgehead atoms. The van der Waals surface area contributed by atoms with Crippen LogP contribution in [0.3, 0.4) is 0 Å². The Labute approximate surface area is 110 Å². The molecule has 1 heterocycles. The second kappa shape index (κ2) is 4.74. The van der Waals surface area contributed by atoms with Crippen molar-refractivity contribution in [3.8, 4) is 11.4 Å². The summed E-state index contributed by atoms with van der Waals surface area (Å²) in [5.41, 5.74) is 0.403. The molecule has 7 heteroatoms. The van der Waals surface area contributed by atoms with Crippen molar-refractivity contribution in [3.05, 3.63) is 45.5 Å². The van der Waals surface area contributed by atoms with Gasteiger partial charge in [-0.15, -0.1) is 0 Å². The average molecular weight is 293 g/mol. The quantitative estimate of drug-likeness (QED) is 0.582. The van der Waals surface area contributed by atoms with Gasteiger partial charge in [-0.25, -0.2) is 23.1 Å². The molecule has 1 aromatic carbocycles. The lowest BCUT2D eigenvalue weighted by atomic mass is 10.2. The summed E-state index contributed by atoms with van der Waals surface area (Å²) >= 11 is 11.6. The molecule has 0 spiro atoms. The van der Waals surface area contributed by atoms with Crippen molar-refractivity contribution in [2.45, 2.75) is 6.92 Å². The van der Waals surface area contributed by atoms with Crippen molar-refractivity contribution < 1.29 is 13.2 Å². The van der Waals surface area contributed by atoms with Crippen LogP contribution in [0, 0.1) is 24.4 Å². The summed E-state index contributed by atoms with van der Waals surface area (Å²) in [6.45, 7) is 1.60. The SMILES string of the molecule is Cc1c(Cl)nc(-c2cc(F)c(F)c(F)c2)nc1Cl. The molecule has 1 aromatic heterocycles. The van der Waals surface area contributed by atoms with E-state index in [-0.39, 0.29) is 21.7 Å². The molecule has 0 aliphatic heterocycles. The third-order valence-corrected chi connectivity index (χ3v) is 3.00. The van der Waals surface area contributed by atoms with E-state index in [1.807, 2.05) is 0 Å². The van der Waals surface area contributed by atoms with Crippen LogP contribution in [-0.2, 0) is 0 Å². The second-order valence-corrected chi connectivity index (χ2v) is 4.22. The van der Waals surface area contributed by atoms with Gasteiger partial charge in [0.25, 0.3) is 0 Å². The number of nitrogens with zero attached hydrogens (tertiary/aromatic N) is 2. The van der Waals surface area contributed by atoms with E-state index in [0.717, 1.165) is 12.1 Å². The molecule has 94 valence electrons. The number of benzene rings is 1. The van der Waals surface area contributed by atoms with Gasteiger partial charge in [-0.05, 0) is 19.1 Å². The molecule has 2 nitrogen and oxygen atoms in total. The standard InChI is InChI=1S/C11H5Cl2F3N2/c1-4-9(12)17-11(18-10(4)13)5-2-6(14)8(16)7(15)3-5/h2-3H,1H3. The second-order valence-electron chi connectivity index (χ2n) is 3.51. The van der Waals surface area contributed by atoms with Gasteiger partial charge in [0.1, 0.15) is 10.3 Å². The third-order valence-electron chi connectivity index (χ3n) is 2.27. The van der Waals surface area contributed by atoms with Gasteiger partial charge in [0.05, 0.1) is 0 Å². The van der Waals surface area contributed by atoms with Gasteiger partial charge < -0.3 is 0 Å². The zero-order valence-electron chi connectivity index (χ0n) is 8.94. The zero-order chi connectivity index (χ0) is 13.4. The van der Waals surface area contributed by atoms with Crippen LogP contribution in [0.15, 0.2) is 12.1 Å². The molecule has 0 unspecified atom stereocenters. The van der Waals surface area contributed by atoms with E-state index < -0.39 is 17.5 Å². The van der Waals surface area contributed by atoms with Gasteiger partial charge in [-0.3, -0.25) is 0 Å². The Balaban J connectivity index is 2.63. The summed E-state index contributed by atoms with van der Waals surface area (Å²) in [6.07, 6.45) is 0. The molecular formula is C11H5Cl2F3N2. The highest BCUT2D eigenvalue weighted by Crippen LogP contribution is 2.26. The Bertz CT molecular complexity index is 530. The maximum absolute atomic E-state index is 13.1. The lowest BCUT2D eigenvalue weighted by molar-refractivity contribution is 0.447. The fraction of sp³-hybridized carbons (Fsp3) is 0.0909. The van der Waals surface area contributed by atoms with E-state index in [9.17, 15) is 13.2 Å². The summed E-state index contributed by atoms with van der Waals surface area (Å²) in [5.74, 6) is -4.29. The highest BCUT2D eigenvalue weighted by atomic mass is 35.5. The maximum atomic E-state index is 13.1. The van der Waals surface area contributed by atoms with E-state index in [4.69, 9.17) is 23.2 Å². The Morgan fingerprint density at radius 3 is 1.83 bits per heavy atom. The first-order valence-corrected chi connectivity index (χ1v) is 5.50. The largest absolute Gasteiger partial charge is 0.216 e. The third kappa shape index (κ3) is 2.28. The van der Waals surface area contributed by atoms with Crippen molar-refractivity contribution in [2.24, 2.45) is 0 Å². The van der Waals surface area contributed by atoms with Crippen molar-refractivity contribution in [1.82, 2.24) is 9.97 Å². The normalized spacial score (nSPS) is 10.8. The Kier molecular flexibility index (Phi) is 3.45. The van der Waals surface area contributed by atoms with Gasteiger partial charge >= 0.3 is 0 Å². The molecule has 0 saturated carbocycles. The highest BCUT2D eigenvalue weighted by molar-refractivity contribution is 6.34. The molecular weight excluding hydrogens is 288 g/mol. The maximum Gasteiger partial charge on any atom is 0.194 e. The summed E-state index contributed by atoms with van der Waals surface area (Å²) < 4.78 is 38.9. The fourth-order valence-corrected chi connectivity index (χ4v) is 1.66. The summed E-state index contributed by atoms with van der Waals surface area (Å²) in [6, 6.07) is 1.55. The Morgan fingerprint density at radius 1 is 0.944 bits per heavy atom. The summed E-state index contributed by atoms with van der Waals surface area (Å²) in [5, 5.41) is 0.130. The molecule has 2 rings (SSSR count). The van der Waals surface area contributed by atoms with Gasteiger partial charge in [-0.2, -0.15) is 0 Å². The Hall–Kier alpha value is -1.33. The molecule has 0 fully saturated rings. The van der Waals surface area contributed by atoms with Gasteiger partial charge in [0, 0.05) is 11.1 Å². The first kappa shape index (κ1) is 13.1. The predicted octanol–water partition coefficient (Wildman–Crippen LogP) is 4.18. The van der Waals surface area contributed by atoms with Crippen LogP contribution in [0.4, 0.5) is 13.2 Å². The van der Waals surface area contributed by atoms with Crippen LogP contribution in [0.1, 0.15) is 5.56 Å². The van der Waals surface area contributed by atoms with Gasteiger partial charge in [-0.1, -0.05) is 23.2 Å². The molecule has 0 N–H and O–H groups in total. The molecule has 0 aliphatic rings. The van der Waals surface area contributed by atoms with Crippen LogP contribution < -0.4 is 0 Å². The van der Waals surface area contributed by atoms with Crippen LogP contribution in [0.25, 0.3) is 11.4 Å². The van der Waals surface area contributed by atoms with E-state index >= 15 is 0 Å². The number of rotatable bonds is 1. The average Bonchev–Trinajstić information content (AvgIpc) is 2.31. The van der Waals surface area contributed by atoms with Crippen molar-refractivity contribution in [3.63, 3.8) is 0 Å². The number of aromatic nitrogens is 2. The van der Waals surface area contributed by atoms with Crippen LogP contribution in [-0.4, -0.2) is 9.97 Å². The van der Waals surface area contributed by atoms with Crippen LogP contribution >= 0.6 is 23.2 Å². The van der Waals surface area contributed by atoms with Crippen molar-refractivity contribution >= 4 is 23.2 Å². The van der Waals surface area contributed by atoms with Crippen molar-refractivity contribution in [1.29, 1.82) is 0 Å². The van der Waals surface area contributed by atoms with Gasteiger partial charge in [0.15, 0.2) is 23.3 Å². The number of hydrogen-bond acceptors (Lipinski definition) is 2. The first-order valence-electron chi connectivity index (χ1n) is 4.74. The van der Waals surface area contributed by atoms with Crippen LogP contribution in [0.5, 0.6) is 0 Å². The van der Waals surface area contributed by atoms with E-state index in [1.54, 1.807) is 6.92 Å². The van der Waals surface area contributed by atoms with Crippen LogP contribution in [0.2, 0.25) is 10.3 Å². The zero-order valence-corrected chi connectivity index (χ0v) is 10.5. The minimum Gasteiger partial charge on any atom is -0.216 e. The molecule has 0 saturated heterocycles. The fourth-order valence-electron chi connectivity index (χ4n) is 1.28. The molecule has 0 aliphatic carbocycles. The minimum absolute atomic E-state index is 0.0461. The lowest BCUT2D eigenvalue weighted by Gasteiger charge is -2.05. The lowest BCUT2D eigenvalue weighted by Crippen LogP contribution is -1.97. The topological polar surface area (TPSA) is 25.8 Å². The van der Waals surface area contributed by atoms with E-state index in [1.165, 1.54) is 0 Å². The minimum atomic E-state index is -1.55. The molecule has 2 aromatic rings.